The molecule has 0 aliphatic heterocycles. The van der Waals surface area contributed by atoms with Crippen LogP contribution in [0.5, 0.6) is 5.75 Å². The predicted molar refractivity (Wildman–Crippen MR) is 124 cm³/mol. The molecule has 0 atom stereocenters. The van der Waals surface area contributed by atoms with Crippen molar-refractivity contribution >= 4 is 16.7 Å². The number of hydrogen-bond donors (Lipinski definition) is 1. The summed E-state index contributed by atoms with van der Waals surface area (Å²) in [5.41, 5.74) is 3.98. The van der Waals surface area contributed by atoms with E-state index in [0.717, 1.165) is 71.6 Å². The predicted octanol–water partition coefficient (Wildman–Crippen LogP) is 3.70. The average Bonchev–Trinajstić information content (AvgIpc) is 3.46. The highest BCUT2D eigenvalue weighted by Crippen LogP contribution is 2.30. The average molecular weight is 435 g/mol. The summed E-state index contributed by atoms with van der Waals surface area (Å²) in [4.78, 5) is 4.71. The molecule has 168 valence electrons. The second-order valence-electron chi connectivity index (χ2n) is 8.64. The Morgan fingerprint density at radius 1 is 1.06 bits per heavy atom. The summed E-state index contributed by atoms with van der Waals surface area (Å²) in [5.74, 6) is 1.80. The van der Waals surface area contributed by atoms with Crippen LogP contribution >= 0.6 is 0 Å². The second kappa shape index (κ2) is 8.29. The monoisotopic (exact) mass is 434 g/mol. The number of fused-ring (bicyclic) bond motifs is 1. The van der Waals surface area contributed by atoms with Gasteiger partial charge >= 0.3 is 0 Å². The highest BCUT2D eigenvalue weighted by Gasteiger charge is 2.24. The van der Waals surface area contributed by atoms with Crippen molar-refractivity contribution in [1.29, 1.82) is 0 Å². The molecule has 1 saturated carbocycles. The maximum atomic E-state index is 6.19. The third-order valence-corrected chi connectivity index (χ3v) is 6.20. The number of nitrogens with zero attached hydrogens (tertiary/aromatic N) is 7. The first kappa shape index (κ1) is 20.5. The molecular formula is C23H30N8O. The first-order chi connectivity index (χ1) is 15.5. The largest absolute Gasteiger partial charge is 0.487 e. The summed E-state index contributed by atoms with van der Waals surface area (Å²) >= 11 is 0. The number of aromatic nitrogens is 7. The minimum absolute atomic E-state index is 0.245. The second-order valence-corrected chi connectivity index (χ2v) is 8.64. The minimum atomic E-state index is 0.245. The zero-order valence-corrected chi connectivity index (χ0v) is 19.1. The van der Waals surface area contributed by atoms with Crippen molar-refractivity contribution in [2.75, 3.05) is 5.32 Å². The first-order valence-electron chi connectivity index (χ1n) is 11.3. The van der Waals surface area contributed by atoms with Crippen molar-refractivity contribution in [2.24, 2.45) is 14.1 Å². The van der Waals surface area contributed by atoms with Gasteiger partial charge in [-0.1, -0.05) is 0 Å². The van der Waals surface area contributed by atoms with E-state index in [1.807, 2.05) is 50.5 Å². The Morgan fingerprint density at radius 2 is 1.88 bits per heavy atom. The van der Waals surface area contributed by atoms with Gasteiger partial charge in [-0.15, -0.1) is 0 Å². The zero-order chi connectivity index (χ0) is 22.2. The molecule has 4 heterocycles. The van der Waals surface area contributed by atoms with Gasteiger partial charge in [0.2, 0.25) is 0 Å². The quantitative estimate of drug-likeness (QED) is 0.498. The molecule has 0 bridgehead atoms. The fourth-order valence-corrected chi connectivity index (χ4v) is 4.55. The van der Waals surface area contributed by atoms with Crippen molar-refractivity contribution in [3.8, 4) is 17.0 Å². The van der Waals surface area contributed by atoms with E-state index in [1.54, 1.807) is 9.36 Å². The van der Waals surface area contributed by atoms with E-state index in [9.17, 15) is 0 Å². The Bertz CT molecular complexity index is 1230. The molecule has 32 heavy (non-hydrogen) atoms. The fraction of sp³-hybridized carbons (Fsp3) is 0.478. The molecule has 0 radical (unpaired) electrons. The van der Waals surface area contributed by atoms with Crippen LogP contribution in [0.2, 0.25) is 0 Å². The lowest BCUT2D eigenvalue weighted by Gasteiger charge is -2.29. The summed E-state index contributed by atoms with van der Waals surface area (Å²) in [5, 5.41) is 18.2. The zero-order valence-electron chi connectivity index (χ0n) is 19.1. The molecule has 1 aliphatic carbocycles. The molecule has 0 amide bonds. The van der Waals surface area contributed by atoms with Crippen molar-refractivity contribution < 1.29 is 4.74 Å². The summed E-state index contributed by atoms with van der Waals surface area (Å²) < 4.78 is 11.8. The van der Waals surface area contributed by atoms with Crippen LogP contribution in [0, 0.1) is 6.92 Å². The molecule has 1 fully saturated rings. The number of rotatable bonds is 6. The van der Waals surface area contributed by atoms with Crippen molar-refractivity contribution in [1.82, 2.24) is 34.3 Å². The number of ether oxygens (including phenoxy) is 1. The van der Waals surface area contributed by atoms with Gasteiger partial charge in [-0.05, 0) is 39.5 Å². The molecule has 4 aromatic heterocycles. The Balaban J connectivity index is 1.27. The maximum absolute atomic E-state index is 6.19. The van der Waals surface area contributed by atoms with Gasteiger partial charge in [0.05, 0.1) is 24.0 Å². The third kappa shape index (κ3) is 3.94. The van der Waals surface area contributed by atoms with E-state index < -0.39 is 0 Å². The molecule has 5 rings (SSSR count). The fourth-order valence-electron chi connectivity index (χ4n) is 4.55. The van der Waals surface area contributed by atoms with Gasteiger partial charge < -0.3 is 10.1 Å². The molecule has 4 aromatic rings. The number of anilines is 1. The van der Waals surface area contributed by atoms with Crippen LogP contribution in [0.15, 0.2) is 30.9 Å². The number of hydrogen-bond acceptors (Lipinski definition) is 6. The lowest BCUT2D eigenvalue weighted by molar-refractivity contribution is 0.149. The summed E-state index contributed by atoms with van der Waals surface area (Å²) in [6.45, 7) is 4.90. The van der Waals surface area contributed by atoms with E-state index >= 15 is 0 Å². The van der Waals surface area contributed by atoms with Crippen LogP contribution in [0.4, 0.5) is 5.82 Å². The number of nitrogens with one attached hydrogen (secondary N) is 1. The van der Waals surface area contributed by atoms with E-state index in [4.69, 9.17) is 14.8 Å². The molecule has 9 nitrogen and oxygen atoms in total. The highest BCUT2D eigenvalue weighted by molar-refractivity contribution is 5.93. The third-order valence-electron chi connectivity index (χ3n) is 6.20. The van der Waals surface area contributed by atoms with E-state index in [-0.39, 0.29) is 6.10 Å². The van der Waals surface area contributed by atoms with Gasteiger partial charge in [-0.3, -0.25) is 14.0 Å². The lowest BCUT2D eigenvalue weighted by atomic mass is 9.93. The summed E-state index contributed by atoms with van der Waals surface area (Å²) in [6, 6.07) is 2.51. The van der Waals surface area contributed by atoms with Crippen molar-refractivity contribution in [2.45, 2.75) is 58.2 Å². The number of aryl methyl sites for hydroxylation is 4. The van der Waals surface area contributed by atoms with Gasteiger partial charge in [-0.2, -0.15) is 15.3 Å². The lowest BCUT2D eigenvalue weighted by Crippen LogP contribution is -2.31. The molecule has 0 aromatic carbocycles. The van der Waals surface area contributed by atoms with Gasteiger partial charge in [-0.25, -0.2) is 4.98 Å². The van der Waals surface area contributed by atoms with Gasteiger partial charge in [0, 0.05) is 56.1 Å². The van der Waals surface area contributed by atoms with Crippen LogP contribution in [0.25, 0.3) is 22.2 Å². The van der Waals surface area contributed by atoms with Gasteiger partial charge in [0.1, 0.15) is 17.2 Å². The van der Waals surface area contributed by atoms with E-state index in [1.165, 1.54) is 0 Å². The Kier molecular flexibility index (Phi) is 5.32. The highest BCUT2D eigenvalue weighted by atomic mass is 16.5. The van der Waals surface area contributed by atoms with Gasteiger partial charge in [0.25, 0.3) is 0 Å². The van der Waals surface area contributed by atoms with E-state index in [2.05, 4.69) is 28.5 Å². The molecule has 9 heteroatoms. The number of pyridine rings is 1. The molecule has 0 unspecified atom stereocenters. The Morgan fingerprint density at radius 3 is 2.53 bits per heavy atom. The standard InChI is InChI=1S/C23H30N8O/c1-5-31-20-10-22(24-12-19(20)23(28-31)16-11-25-29(3)13-16)26-17-6-8-18(9-7-17)32-21-14-30(4)27-15(21)2/h10-14,17-18H,5-9H2,1-4H3,(H,24,26). The van der Waals surface area contributed by atoms with Crippen LogP contribution < -0.4 is 10.1 Å². The smallest absolute Gasteiger partial charge is 0.160 e. The molecule has 1 aliphatic rings. The van der Waals surface area contributed by atoms with Crippen molar-refractivity contribution in [3.05, 3.63) is 36.5 Å². The summed E-state index contributed by atoms with van der Waals surface area (Å²) in [6.07, 6.45) is 12.1. The first-order valence-corrected chi connectivity index (χ1v) is 11.3. The van der Waals surface area contributed by atoms with E-state index in [0.29, 0.717) is 6.04 Å². The summed E-state index contributed by atoms with van der Waals surface area (Å²) in [7, 11) is 3.84. The van der Waals surface area contributed by atoms with Gasteiger partial charge in [0.15, 0.2) is 5.75 Å². The molecule has 1 N–H and O–H groups in total. The van der Waals surface area contributed by atoms with Crippen molar-refractivity contribution in [3.63, 3.8) is 0 Å². The SMILES string of the molecule is CCn1nc(-c2cnn(C)c2)c2cnc(NC3CCC(Oc4cn(C)nc4C)CC3)cc21. The molecule has 0 saturated heterocycles. The topological polar surface area (TPSA) is 87.6 Å². The van der Waals surface area contributed by atoms with Crippen LogP contribution in [0.3, 0.4) is 0 Å². The van der Waals surface area contributed by atoms with Crippen LogP contribution in [-0.4, -0.2) is 46.5 Å². The maximum Gasteiger partial charge on any atom is 0.160 e. The van der Waals surface area contributed by atoms with Crippen LogP contribution in [-0.2, 0) is 20.6 Å². The Hall–Kier alpha value is -3.36. The Labute approximate surface area is 187 Å². The van der Waals surface area contributed by atoms with Crippen LogP contribution in [0.1, 0.15) is 38.3 Å². The minimum Gasteiger partial charge on any atom is -0.487 e. The molecule has 0 spiro atoms. The molecular weight excluding hydrogens is 404 g/mol. The normalized spacial score (nSPS) is 18.9.